The predicted octanol–water partition coefficient (Wildman–Crippen LogP) is 2.31. The maximum atomic E-state index is 12.8. The van der Waals surface area contributed by atoms with Gasteiger partial charge in [0.25, 0.3) is 11.5 Å². The van der Waals surface area contributed by atoms with Crippen LogP contribution in [0.4, 0.5) is 0 Å². The number of aromatic nitrogens is 2. The first-order chi connectivity index (χ1) is 13.4. The monoisotopic (exact) mass is 379 g/mol. The molecule has 0 bridgehead atoms. The number of nitrogens with one attached hydrogen (secondary N) is 1. The summed E-state index contributed by atoms with van der Waals surface area (Å²) in [7, 11) is 1.28. The van der Waals surface area contributed by atoms with Gasteiger partial charge in [-0.25, -0.2) is 9.78 Å². The number of esters is 1. The molecule has 1 heterocycles. The third-order valence-electron chi connectivity index (χ3n) is 4.46. The van der Waals surface area contributed by atoms with E-state index in [9.17, 15) is 14.4 Å². The third kappa shape index (κ3) is 3.78. The largest absolute Gasteiger partial charge is 0.467 e. The Balaban J connectivity index is 1.95. The van der Waals surface area contributed by atoms with Crippen molar-refractivity contribution in [3.63, 3.8) is 0 Å². The number of benzene rings is 2. The van der Waals surface area contributed by atoms with Crippen LogP contribution < -0.4 is 10.9 Å². The standard InChI is InChI=1S/C21H21N3O4/c1-13(2)18(21(27)28-3)23-19(25)14-7-6-8-15(11-14)24-12-22-17-10-5-4-9-16(17)20(24)26/h4-13,18H,1-3H3,(H,23,25). The van der Waals surface area contributed by atoms with Crippen molar-refractivity contribution in [3.05, 3.63) is 70.8 Å². The van der Waals surface area contributed by atoms with E-state index in [1.54, 1.807) is 42.5 Å². The summed E-state index contributed by atoms with van der Waals surface area (Å²) in [5.41, 5.74) is 1.22. The second kappa shape index (κ2) is 8.04. The molecule has 3 aromatic rings. The van der Waals surface area contributed by atoms with Gasteiger partial charge in [-0.15, -0.1) is 0 Å². The number of carbonyl (C=O) groups excluding carboxylic acids is 2. The highest BCUT2D eigenvalue weighted by Crippen LogP contribution is 2.13. The molecule has 1 amide bonds. The lowest BCUT2D eigenvalue weighted by Gasteiger charge is -2.20. The quantitative estimate of drug-likeness (QED) is 0.687. The van der Waals surface area contributed by atoms with E-state index in [2.05, 4.69) is 10.3 Å². The Kier molecular flexibility index (Phi) is 5.54. The number of hydrogen-bond acceptors (Lipinski definition) is 5. The average Bonchev–Trinajstić information content (AvgIpc) is 2.71. The van der Waals surface area contributed by atoms with Crippen LogP contribution in [0, 0.1) is 5.92 Å². The second-order valence-electron chi connectivity index (χ2n) is 6.71. The maximum Gasteiger partial charge on any atom is 0.328 e. The summed E-state index contributed by atoms with van der Waals surface area (Å²) in [6.07, 6.45) is 1.44. The van der Waals surface area contributed by atoms with Crippen LogP contribution in [-0.2, 0) is 9.53 Å². The zero-order chi connectivity index (χ0) is 20.3. The Morgan fingerprint density at radius 2 is 1.86 bits per heavy atom. The predicted molar refractivity (Wildman–Crippen MR) is 105 cm³/mol. The van der Waals surface area contributed by atoms with Crippen molar-refractivity contribution in [1.82, 2.24) is 14.9 Å². The fraction of sp³-hybridized carbons (Fsp3) is 0.238. The summed E-state index contributed by atoms with van der Waals surface area (Å²) in [6.45, 7) is 3.64. The Morgan fingerprint density at radius 3 is 2.57 bits per heavy atom. The molecule has 0 radical (unpaired) electrons. The van der Waals surface area contributed by atoms with Crippen LogP contribution >= 0.6 is 0 Å². The Labute approximate surface area is 162 Å². The highest BCUT2D eigenvalue weighted by molar-refractivity contribution is 5.97. The number of para-hydroxylation sites is 1. The minimum atomic E-state index is -0.758. The van der Waals surface area contributed by atoms with Crippen molar-refractivity contribution in [2.75, 3.05) is 7.11 Å². The topological polar surface area (TPSA) is 90.3 Å². The van der Waals surface area contributed by atoms with Crippen molar-refractivity contribution in [1.29, 1.82) is 0 Å². The van der Waals surface area contributed by atoms with Crippen molar-refractivity contribution < 1.29 is 14.3 Å². The number of methoxy groups -OCH3 is 1. The minimum absolute atomic E-state index is 0.133. The molecule has 0 aliphatic heterocycles. The molecular formula is C21H21N3O4. The summed E-state index contributed by atoms with van der Waals surface area (Å²) in [5, 5.41) is 3.18. The molecule has 7 nitrogen and oxygen atoms in total. The molecule has 1 unspecified atom stereocenters. The van der Waals surface area contributed by atoms with E-state index in [-0.39, 0.29) is 11.5 Å². The molecule has 144 valence electrons. The van der Waals surface area contributed by atoms with Crippen LogP contribution in [0.5, 0.6) is 0 Å². The number of hydrogen-bond donors (Lipinski definition) is 1. The summed E-state index contributed by atoms with van der Waals surface area (Å²) in [5.74, 6) is -1.06. The van der Waals surface area contributed by atoms with Gasteiger partial charge in [0, 0.05) is 5.56 Å². The van der Waals surface area contributed by atoms with E-state index in [1.165, 1.54) is 18.0 Å². The van der Waals surface area contributed by atoms with Gasteiger partial charge in [-0.1, -0.05) is 32.0 Å². The van der Waals surface area contributed by atoms with Crippen molar-refractivity contribution in [3.8, 4) is 5.69 Å². The lowest BCUT2D eigenvalue weighted by molar-refractivity contribution is -0.144. The molecule has 0 fully saturated rings. The van der Waals surface area contributed by atoms with Gasteiger partial charge < -0.3 is 10.1 Å². The first-order valence-electron chi connectivity index (χ1n) is 8.88. The van der Waals surface area contributed by atoms with Gasteiger partial charge in [0.05, 0.1) is 23.7 Å². The fourth-order valence-electron chi connectivity index (χ4n) is 2.90. The first-order valence-corrected chi connectivity index (χ1v) is 8.88. The minimum Gasteiger partial charge on any atom is -0.467 e. The molecule has 0 aliphatic rings. The Morgan fingerprint density at radius 1 is 1.11 bits per heavy atom. The van der Waals surface area contributed by atoms with Crippen LogP contribution in [0.2, 0.25) is 0 Å². The van der Waals surface area contributed by atoms with Crippen LogP contribution in [0.1, 0.15) is 24.2 Å². The summed E-state index contributed by atoms with van der Waals surface area (Å²) < 4.78 is 6.14. The van der Waals surface area contributed by atoms with Gasteiger partial charge in [0.1, 0.15) is 12.4 Å². The smallest absolute Gasteiger partial charge is 0.328 e. The second-order valence-corrected chi connectivity index (χ2v) is 6.71. The molecule has 28 heavy (non-hydrogen) atoms. The number of rotatable bonds is 5. The summed E-state index contributed by atoms with van der Waals surface area (Å²) >= 11 is 0. The van der Waals surface area contributed by atoms with Gasteiger partial charge in [0.15, 0.2) is 0 Å². The lowest BCUT2D eigenvalue weighted by Crippen LogP contribution is -2.45. The Bertz CT molecular complexity index is 1090. The number of amides is 1. The van der Waals surface area contributed by atoms with Crippen LogP contribution in [-0.4, -0.2) is 34.6 Å². The lowest BCUT2D eigenvalue weighted by atomic mass is 10.0. The zero-order valence-corrected chi connectivity index (χ0v) is 15.9. The van der Waals surface area contributed by atoms with Gasteiger partial charge in [-0.05, 0) is 36.2 Å². The number of fused-ring (bicyclic) bond motifs is 1. The summed E-state index contributed by atoms with van der Waals surface area (Å²) in [4.78, 5) is 41.6. The molecule has 1 atom stereocenters. The molecule has 2 aromatic carbocycles. The van der Waals surface area contributed by atoms with Gasteiger partial charge >= 0.3 is 5.97 Å². The normalized spacial score (nSPS) is 12.0. The van der Waals surface area contributed by atoms with E-state index in [4.69, 9.17) is 4.74 Å². The van der Waals surface area contributed by atoms with E-state index in [1.807, 2.05) is 19.9 Å². The Hall–Kier alpha value is -3.48. The van der Waals surface area contributed by atoms with Crippen LogP contribution in [0.3, 0.4) is 0 Å². The van der Waals surface area contributed by atoms with Gasteiger partial charge in [-0.2, -0.15) is 0 Å². The van der Waals surface area contributed by atoms with Gasteiger partial charge in [-0.3, -0.25) is 14.2 Å². The van der Waals surface area contributed by atoms with E-state index < -0.39 is 17.9 Å². The fourth-order valence-corrected chi connectivity index (χ4v) is 2.90. The molecule has 0 saturated heterocycles. The average molecular weight is 379 g/mol. The molecule has 0 spiro atoms. The number of carbonyl (C=O) groups is 2. The van der Waals surface area contributed by atoms with Crippen molar-refractivity contribution in [2.24, 2.45) is 5.92 Å². The van der Waals surface area contributed by atoms with E-state index >= 15 is 0 Å². The first kappa shape index (κ1) is 19.3. The van der Waals surface area contributed by atoms with Crippen LogP contribution in [0.15, 0.2) is 59.7 Å². The van der Waals surface area contributed by atoms with Crippen molar-refractivity contribution >= 4 is 22.8 Å². The molecule has 3 rings (SSSR count). The van der Waals surface area contributed by atoms with E-state index in [0.717, 1.165) is 0 Å². The van der Waals surface area contributed by atoms with Crippen molar-refractivity contribution in [2.45, 2.75) is 19.9 Å². The van der Waals surface area contributed by atoms with Crippen LogP contribution in [0.25, 0.3) is 16.6 Å². The molecule has 0 aliphatic carbocycles. The van der Waals surface area contributed by atoms with E-state index in [0.29, 0.717) is 22.2 Å². The summed E-state index contributed by atoms with van der Waals surface area (Å²) in [6, 6.07) is 12.9. The highest BCUT2D eigenvalue weighted by atomic mass is 16.5. The van der Waals surface area contributed by atoms with Gasteiger partial charge in [0.2, 0.25) is 0 Å². The SMILES string of the molecule is COC(=O)C(NC(=O)c1cccc(-n2cnc3ccccc3c2=O)c1)C(C)C. The molecular weight excluding hydrogens is 358 g/mol. The molecule has 1 aromatic heterocycles. The molecule has 0 saturated carbocycles. The number of ether oxygens (including phenoxy) is 1. The maximum absolute atomic E-state index is 12.8. The zero-order valence-electron chi connectivity index (χ0n) is 15.9. The third-order valence-corrected chi connectivity index (χ3v) is 4.46. The molecule has 7 heteroatoms. The number of nitrogens with zero attached hydrogens (tertiary/aromatic N) is 2. The molecule has 1 N–H and O–H groups in total. The highest BCUT2D eigenvalue weighted by Gasteiger charge is 2.25.